The Morgan fingerprint density at radius 2 is 2.33 bits per heavy atom. The lowest BCUT2D eigenvalue weighted by Crippen LogP contribution is -2.06. The molecule has 0 N–H and O–H groups in total. The minimum absolute atomic E-state index is 0.0139. The normalized spacial score (nSPS) is 38.8. The largest absolute Gasteiger partial charge is 0.358 e. The van der Waals surface area contributed by atoms with Crippen LogP contribution >= 0.6 is 19.4 Å². The molecule has 1 fully saturated rings. The third kappa shape index (κ3) is 0.572. The molecule has 2 unspecified atom stereocenters. The summed E-state index contributed by atoms with van der Waals surface area (Å²) in [5, 5.41) is 0.0139. The zero-order chi connectivity index (χ0) is 4.57. The minimum Gasteiger partial charge on any atom is -0.0731 e. The predicted octanol–water partition coefficient (Wildman–Crippen LogP) is 1.78. The Morgan fingerprint density at radius 1 is 1.83 bits per heavy atom. The van der Waals surface area contributed by atoms with Gasteiger partial charge in [0.25, 0.3) is 0 Å². The van der Waals surface area contributed by atoms with Crippen molar-refractivity contribution in [2.75, 3.05) is 6.16 Å². The van der Waals surface area contributed by atoms with Crippen molar-refractivity contribution in [3.05, 3.63) is 0 Å². The van der Waals surface area contributed by atoms with Gasteiger partial charge in [-0.25, -0.2) is 0 Å². The van der Waals surface area contributed by atoms with Gasteiger partial charge in [0, 0.05) is 0 Å². The van der Waals surface area contributed by atoms with Crippen LogP contribution in [0.1, 0.15) is 6.42 Å². The number of halogens is 1. The van der Waals surface area contributed by atoms with Crippen molar-refractivity contribution in [1.29, 1.82) is 0 Å². The van der Waals surface area contributed by atoms with Crippen molar-refractivity contribution >= 4 is 19.4 Å². The van der Waals surface area contributed by atoms with Crippen LogP contribution in [0.5, 0.6) is 0 Å². The molecule has 2 atom stereocenters. The molecule has 0 aliphatic carbocycles. The molecule has 0 aromatic heterocycles. The summed E-state index contributed by atoms with van der Waals surface area (Å²) in [7, 11) is -0.963. The zero-order valence-corrected chi connectivity index (χ0v) is 4.88. The summed E-state index contributed by atoms with van der Waals surface area (Å²) in [6.07, 6.45) is 1.81. The molecule has 0 radical (unpaired) electrons. The van der Waals surface area contributed by atoms with Crippen LogP contribution < -0.4 is 0 Å². The maximum Gasteiger partial charge on any atom is 0.358 e. The van der Waals surface area contributed by atoms with Crippen LogP contribution in [0.15, 0.2) is 0 Å². The van der Waals surface area contributed by atoms with Crippen LogP contribution in [0.4, 0.5) is 0 Å². The Morgan fingerprint density at radius 3 is 2.33 bits per heavy atom. The van der Waals surface area contributed by atoms with Gasteiger partial charge >= 0.3 is 7.80 Å². The quantitative estimate of drug-likeness (QED) is 0.355. The van der Waals surface area contributed by atoms with Gasteiger partial charge in [0.2, 0.25) is 5.12 Å². The summed E-state index contributed by atoms with van der Waals surface area (Å²) in [4.78, 5) is 0. The molecule has 1 rings (SSSR count). The van der Waals surface area contributed by atoms with Crippen LogP contribution in [0, 0.1) is 0 Å². The number of hydrogen-bond donors (Lipinski definition) is 0. The summed E-state index contributed by atoms with van der Waals surface area (Å²) in [6, 6.07) is 0. The highest BCUT2D eigenvalue weighted by atomic mass is 35.5. The molecule has 1 nitrogen and oxygen atoms in total. The van der Waals surface area contributed by atoms with E-state index in [1.165, 1.54) is 0 Å². The van der Waals surface area contributed by atoms with Crippen LogP contribution in [0.25, 0.3) is 0 Å². The van der Waals surface area contributed by atoms with Gasteiger partial charge < -0.3 is 0 Å². The number of hydrogen-bond acceptors (Lipinski definition) is 1. The van der Waals surface area contributed by atoms with E-state index >= 15 is 0 Å². The molecule has 0 saturated carbocycles. The Hall–Kier alpha value is 0.390. The van der Waals surface area contributed by atoms with E-state index in [-0.39, 0.29) is 5.12 Å². The fourth-order valence-corrected chi connectivity index (χ4v) is 1.58. The Balaban J connectivity index is 2.39. The summed E-state index contributed by atoms with van der Waals surface area (Å²) >= 11 is 5.42. The maximum atomic E-state index is 10.2. The average Bonchev–Trinajstić information content (AvgIpc) is 1.61. The van der Waals surface area contributed by atoms with E-state index in [1.807, 2.05) is 0 Å². The molecule has 0 spiro atoms. The first-order chi connectivity index (χ1) is 2.80. The summed E-state index contributed by atoms with van der Waals surface area (Å²) in [5.74, 6) is 0. The SMILES string of the molecule is O=[P+]1CCC1Cl. The second-order valence-corrected chi connectivity index (χ2v) is 4.10. The number of alkyl halides is 1. The Kier molecular flexibility index (Phi) is 1.12. The molecule has 6 heavy (non-hydrogen) atoms. The van der Waals surface area contributed by atoms with Gasteiger partial charge in [0.15, 0.2) is 6.16 Å². The zero-order valence-electron chi connectivity index (χ0n) is 3.22. The fraction of sp³-hybridized carbons (Fsp3) is 1.00. The maximum absolute atomic E-state index is 10.2. The summed E-state index contributed by atoms with van der Waals surface area (Å²) < 4.78 is 10.2. The molecular weight excluding hydrogens is 118 g/mol. The second kappa shape index (κ2) is 1.48. The Labute approximate surface area is 42.5 Å². The summed E-state index contributed by atoms with van der Waals surface area (Å²) in [6.45, 7) is 0. The fourth-order valence-electron chi connectivity index (χ4n) is 0.332. The van der Waals surface area contributed by atoms with Gasteiger partial charge in [-0.05, 0) is 0 Å². The highest BCUT2D eigenvalue weighted by molar-refractivity contribution is 7.49. The van der Waals surface area contributed by atoms with E-state index in [9.17, 15) is 4.57 Å². The molecule has 1 heterocycles. The second-order valence-electron chi connectivity index (χ2n) is 1.36. The molecule has 0 aromatic rings. The average molecular weight is 123 g/mol. The van der Waals surface area contributed by atoms with Gasteiger partial charge in [0.1, 0.15) is 0 Å². The lowest BCUT2D eigenvalue weighted by Gasteiger charge is -2.01. The summed E-state index contributed by atoms with van der Waals surface area (Å²) in [5.41, 5.74) is 0. The van der Waals surface area contributed by atoms with Crippen molar-refractivity contribution in [2.24, 2.45) is 0 Å². The molecule has 34 valence electrons. The predicted molar refractivity (Wildman–Crippen MR) is 26.7 cm³/mol. The van der Waals surface area contributed by atoms with Gasteiger partial charge in [-0.1, -0.05) is 16.2 Å². The first-order valence-corrected chi connectivity index (χ1v) is 3.83. The van der Waals surface area contributed by atoms with Crippen molar-refractivity contribution in [3.8, 4) is 0 Å². The molecule has 1 saturated heterocycles. The van der Waals surface area contributed by atoms with Crippen LogP contribution in [0.2, 0.25) is 0 Å². The molecule has 3 heteroatoms. The van der Waals surface area contributed by atoms with Crippen LogP contribution in [-0.2, 0) is 4.57 Å². The van der Waals surface area contributed by atoms with Crippen molar-refractivity contribution in [3.63, 3.8) is 0 Å². The molecule has 0 aromatic carbocycles. The van der Waals surface area contributed by atoms with Crippen molar-refractivity contribution in [1.82, 2.24) is 0 Å². The van der Waals surface area contributed by atoms with Gasteiger partial charge in [-0.3, -0.25) is 0 Å². The minimum atomic E-state index is -0.963. The monoisotopic (exact) mass is 123 g/mol. The van der Waals surface area contributed by atoms with E-state index in [0.717, 1.165) is 12.6 Å². The van der Waals surface area contributed by atoms with Crippen LogP contribution in [-0.4, -0.2) is 11.3 Å². The first-order valence-electron chi connectivity index (χ1n) is 1.88. The molecular formula is C3H5ClOP+. The highest BCUT2D eigenvalue weighted by Gasteiger charge is 2.38. The topological polar surface area (TPSA) is 17.1 Å². The number of rotatable bonds is 0. The van der Waals surface area contributed by atoms with E-state index in [4.69, 9.17) is 11.6 Å². The van der Waals surface area contributed by atoms with Crippen molar-refractivity contribution < 1.29 is 4.57 Å². The van der Waals surface area contributed by atoms with Gasteiger partial charge in [-0.2, -0.15) is 0 Å². The van der Waals surface area contributed by atoms with E-state index < -0.39 is 7.80 Å². The van der Waals surface area contributed by atoms with E-state index in [0.29, 0.717) is 0 Å². The standard InChI is InChI=1S/C3H5ClOP/c4-3-1-2-6(3)5/h3H,1-2H2/q+1. The van der Waals surface area contributed by atoms with Crippen molar-refractivity contribution in [2.45, 2.75) is 11.5 Å². The third-order valence-electron chi connectivity index (χ3n) is 0.900. The lowest BCUT2D eigenvalue weighted by molar-refractivity contribution is 0.573. The molecule has 1 aliphatic rings. The van der Waals surface area contributed by atoms with E-state index in [2.05, 4.69) is 0 Å². The lowest BCUT2D eigenvalue weighted by atomic mass is 10.5. The van der Waals surface area contributed by atoms with Gasteiger partial charge in [-0.15, -0.1) is 0 Å². The molecule has 0 amide bonds. The Bertz CT molecular complexity index is 82.9. The smallest absolute Gasteiger partial charge is 0.0731 e. The van der Waals surface area contributed by atoms with Crippen LogP contribution in [0.3, 0.4) is 0 Å². The molecule has 0 bridgehead atoms. The molecule has 1 aliphatic heterocycles. The van der Waals surface area contributed by atoms with Gasteiger partial charge in [0.05, 0.1) is 6.42 Å². The highest BCUT2D eigenvalue weighted by Crippen LogP contribution is 2.44. The first kappa shape index (κ1) is 4.55. The van der Waals surface area contributed by atoms with E-state index in [1.54, 1.807) is 0 Å². The third-order valence-corrected chi connectivity index (χ3v) is 3.35.